The van der Waals surface area contributed by atoms with Gasteiger partial charge in [0.25, 0.3) is 5.91 Å². The standard InChI is InChI=1S/C22H28N2O3/c1-5-10-17(24-27-13-6-2)20-18(14-22(3,4)15-19(20)25)23-21(26)16-11-8-7-9-12-16/h6-9,11-12H,2,5,10,13-15H2,1,3-4H3,(H,23,26)/b24-17-. The number of amides is 1. The number of nitrogens with one attached hydrogen (secondary N) is 1. The van der Waals surface area contributed by atoms with Crippen LogP contribution in [0.1, 0.15) is 56.8 Å². The first-order chi connectivity index (χ1) is 12.9. The Morgan fingerprint density at radius 2 is 2.00 bits per heavy atom. The summed E-state index contributed by atoms with van der Waals surface area (Å²) in [4.78, 5) is 30.9. The molecule has 0 saturated carbocycles. The highest BCUT2D eigenvalue weighted by atomic mass is 16.6. The predicted molar refractivity (Wildman–Crippen MR) is 107 cm³/mol. The molecule has 1 amide bonds. The smallest absolute Gasteiger partial charge is 0.255 e. The molecule has 0 saturated heterocycles. The average molecular weight is 368 g/mol. The number of hydrogen-bond donors (Lipinski definition) is 1. The van der Waals surface area contributed by atoms with E-state index in [4.69, 9.17) is 4.84 Å². The lowest BCUT2D eigenvalue weighted by molar-refractivity contribution is -0.117. The minimum absolute atomic E-state index is 0.0102. The van der Waals surface area contributed by atoms with Gasteiger partial charge in [0, 0.05) is 17.7 Å². The predicted octanol–water partition coefficient (Wildman–Crippen LogP) is 4.42. The van der Waals surface area contributed by atoms with Gasteiger partial charge in [0.05, 0.1) is 11.3 Å². The Morgan fingerprint density at radius 3 is 2.63 bits per heavy atom. The molecule has 0 spiro atoms. The molecule has 1 N–H and O–H groups in total. The maximum atomic E-state index is 12.9. The molecule has 27 heavy (non-hydrogen) atoms. The molecule has 1 aliphatic rings. The van der Waals surface area contributed by atoms with Crippen molar-refractivity contribution in [3.63, 3.8) is 0 Å². The highest BCUT2D eigenvalue weighted by molar-refractivity contribution is 6.23. The number of oxime groups is 1. The second-order valence-electron chi connectivity index (χ2n) is 7.49. The summed E-state index contributed by atoms with van der Waals surface area (Å²) in [5.74, 6) is -0.236. The lowest BCUT2D eigenvalue weighted by Crippen LogP contribution is -2.36. The number of ketones is 1. The van der Waals surface area contributed by atoms with Gasteiger partial charge in [-0.15, -0.1) is 0 Å². The summed E-state index contributed by atoms with van der Waals surface area (Å²) in [6.07, 6.45) is 4.03. The van der Waals surface area contributed by atoms with Crippen LogP contribution < -0.4 is 5.32 Å². The molecule has 144 valence electrons. The van der Waals surface area contributed by atoms with Crippen LogP contribution in [0.3, 0.4) is 0 Å². The summed E-state index contributed by atoms with van der Waals surface area (Å²) < 4.78 is 0. The van der Waals surface area contributed by atoms with Gasteiger partial charge >= 0.3 is 0 Å². The number of benzene rings is 1. The maximum Gasteiger partial charge on any atom is 0.255 e. The van der Waals surface area contributed by atoms with E-state index in [0.29, 0.717) is 41.8 Å². The SMILES string of the molecule is C=CCO/N=C(/CCC)C1=C(NC(=O)c2ccccc2)CC(C)(C)CC1=O. The van der Waals surface area contributed by atoms with Crippen LogP contribution in [-0.4, -0.2) is 24.0 Å². The Balaban J connectivity index is 2.43. The summed E-state index contributed by atoms with van der Waals surface area (Å²) in [5, 5.41) is 7.13. The Morgan fingerprint density at radius 1 is 1.30 bits per heavy atom. The van der Waals surface area contributed by atoms with Crippen molar-refractivity contribution < 1.29 is 14.4 Å². The van der Waals surface area contributed by atoms with Gasteiger partial charge in [0.15, 0.2) is 5.78 Å². The fourth-order valence-corrected chi connectivity index (χ4v) is 3.18. The van der Waals surface area contributed by atoms with Gasteiger partial charge in [-0.1, -0.05) is 63.2 Å². The quantitative estimate of drug-likeness (QED) is 0.320. The van der Waals surface area contributed by atoms with E-state index in [1.807, 2.05) is 39.0 Å². The molecule has 2 rings (SSSR count). The molecule has 0 atom stereocenters. The lowest BCUT2D eigenvalue weighted by Gasteiger charge is -2.32. The number of nitrogens with zero attached hydrogens (tertiary/aromatic N) is 1. The van der Waals surface area contributed by atoms with Crippen LogP contribution in [0.5, 0.6) is 0 Å². The molecule has 5 nitrogen and oxygen atoms in total. The van der Waals surface area contributed by atoms with Crippen LogP contribution in [-0.2, 0) is 9.63 Å². The first-order valence-corrected chi connectivity index (χ1v) is 9.31. The zero-order chi connectivity index (χ0) is 19.9. The van der Waals surface area contributed by atoms with Crippen molar-refractivity contribution in [2.75, 3.05) is 6.61 Å². The van der Waals surface area contributed by atoms with E-state index >= 15 is 0 Å². The van der Waals surface area contributed by atoms with Gasteiger partial charge in [0.2, 0.25) is 0 Å². The molecule has 0 bridgehead atoms. The van der Waals surface area contributed by atoms with E-state index in [1.54, 1.807) is 18.2 Å². The molecule has 0 radical (unpaired) electrons. The minimum Gasteiger partial charge on any atom is -0.391 e. The monoisotopic (exact) mass is 368 g/mol. The van der Waals surface area contributed by atoms with Gasteiger partial charge in [-0.2, -0.15) is 0 Å². The average Bonchev–Trinajstić information content (AvgIpc) is 2.61. The van der Waals surface area contributed by atoms with Crippen LogP contribution in [0.4, 0.5) is 0 Å². The van der Waals surface area contributed by atoms with E-state index in [1.165, 1.54) is 0 Å². The second-order valence-corrected chi connectivity index (χ2v) is 7.49. The minimum atomic E-state index is -0.226. The Bertz CT molecular complexity index is 761. The Kier molecular flexibility index (Phi) is 7.11. The molecular formula is C22H28N2O3. The summed E-state index contributed by atoms with van der Waals surface area (Å²) in [5.41, 5.74) is 2.03. The first kappa shape index (κ1) is 20.6. The number of carbonyl (C=O) groups is 2. The molecule has 0 unspecified atom stereocenters. The summed E-state index contributed by atoms with van der Waals surface area (Å²) in [7, 11) is 0. The first-order valence-electron chi connectivity index (χ1n) is 9.31. The van der Waals surface area contributed by atoms with Gasteiger partial charge in [0.1, 0.15) is 6.61 Å². The van der Waals surface area contributed by atoms with Gasteiger partial charge in [-0.3, -0.25) is 9.59 Å². The largest absolute Gasteiger partial charge is 0.391 e. The third-order valence-electron chi connectivity index (χ3n) is 4.32. The third kappa shape index (κ3) is 5.64. The lowest BCUT2D eigenvalue weighted by atomic mass is 9.74. The number of rotatable bonds is 8. The van der Waals surface area contributed by atoms with Crippen molar-refractivity contribution in [1.82, 2.24) is 5.32 Å². The molecule has 0 aliphatic heterocycles. The van der Waals surface area contributed by atoms with Gasteiger partial charge < -0.3 is 10.2 Å². The molecule has 1 aromatic rings. The molecule has 0 fully saturated rings. The summed E-state index contributed by atoms with van der Waals surface area (Å²) in [6, 6.07) is 8.98. The molecule has 0 aromatic heterocycles. The van der Waals surface area contributed by atoms with E-state index in [0.717, 1.165) is 6.42 Å². The van der Waals surface area contributed by atoms with Crippen molar-refractivity contribution in [2.24, 2.45) is 10.6 Å². The maximum absolute atomic E-state index is 12.9. The van der Waals surface area contributed by atoms with Gasteiger partial charge in [-0.25, -0.2) is 0 Å². The van der Waals surface area contributed by atoms with E-state index in [9.17, 15) is 9.59 Å². The van der Waals surface area contributed by atoms with Crippen molar-refractivity contribution in [2.45, 2.75) is 46.5 Å². The topological polar surface area (TPSA) is 67.8 Å². The fourth-order valence-electron chi connectivity index (χ4n) is 3.18. The zero-order valence-electron chi connectivity index (χ0n) is 16.4. The zero-order valence-corrected chi connectivity index (χ0v) is 16.4. The van der Waals surface area contributed by atoms with Crippen molar-refractivity contribution in [1.29, 1.82) is 0 Å². The van der Waals surface area contributed by atoms with Crippen LogP contribution in [0.15, 0.2) is 59.4 Å². The van der Waals surface area contributed by atoms with E-state index in [2.05, 4.69) is 17.1 Å². The van der Waals surface area contributed by atoms with Crippen LogP contribution in [0.2, 0.25) is 0 Å². The summed E-state index contributed by atoms with van der Waals surface area (Å²) in [6.45, 7) is 9.95. The van der Waals surface area contributed by atoms with E-state index < -0.39 is 0 Å². The third-order valence-corrected chi connectivity index (χ3v) is 4.32. The number of Topliss-reactive ketones (excluding diaryl/α,β-unsaturated/α-hetero) is 1. The second kappa shape index (κ2) is 9.31. The highest BCUT2D eigenvalue weighted by Gasteiger charge is 2.35. The Hall–Kier alpha value is -2.69. The highest BCUT2D eigenvalue weighted by Crippen LogP contribution is 2.37. The summed E-state index contributed by atoms with van der Waals surface area (Å²) >= 11 is 0. The normalized spacial score (nSPS) is 16.9. The van der Waals surface area contributed by atoms with Crippen molar-refractivity contribution >= 4 is 17.4 Å². The van der Waals surface area contributed by atoms with Crippen molar-refractivity contribution in [3.05, 3.63) is 59.8 Å². The molecule has 0 heterocycles. The number of hydrogen-bond acceptors (Lipinski definition) is 4. The van der Waals surface area contributed by atoms with E-state index in [-0.39, 0.29) is 23.7 Å². The molecule has 1 aromatic carbocycles. The number of carbonyl (C=O) groups excluding carboxylic acids is 2. The molecule has 1 aliphatic carbocycles. The van der Waals surface area contributed by atoms with Crippen LogP contribution in [0.25, 0.3) is 0 Å². The van der Waals surface area contributed by atoms with Gasteiger partial charge in [-0.05, 0) is 30.4 Å². The van der Waals surface area contributed by atoms with Crippen LogP contribution in [0, 0.1) is 5.41 Å². The molecular weight excluding hydrogens is 340 g/mol. The van der Waals surface area contributed by atoms with Crippen molar-refractivity contribution in [3.8, 4) is 0 Å². The molecule has 5 heteroatoms. The van der Waals surface area contributed by atoms with Crippen LogP contribution >= 0.6 is 0 Å². The Labute approximate surface area is 161 Å². The number of allylic oxidation sites excluding steroid dienone is 2. The fraction of sp³-hybridized carbons (Fsp3) is 0.409.